The van der Waals surface area contributed by atoms with Crippen molar-refractivity contribution in [2.75, 3.05) is 25.5 Å². The minimum Gasteiger partial charge on any atom is -0.496 e. The first-order chi connectivity index (χ1) is 14.8. The number of thiocarbonyl (C=S) groups is 1. The first kappa shape index (κ1) is 21.3. The first-order valence-corrected chi connectivity index (χ1v) is 10.2. The number of carbonyl (C=O) groups excluding carboxylic acids is 1. The van der Waals surface area contributed by atoms with E-state index in [0.29, 0.717) is 49.5 Å². The van der Waals surface area contributed by atoms with Gasteiger partial charge in [0.1, 0.15) is 22.9 Å². The predicted molar refractivity (Wildman–Crippen MR) is 123 cm³/mol. The number of carbonyl (C=O) groups is 1. The zero-order chi connectivity index (χ0) is 22.2. The van der Waals surface area contributed by atoms with E-state index in [1.54, 1.807) is 54.4 Å². The maximum absolute atomic E-state index is 13.7. The van der Waals surface area contributed by atoms with Crippen LogP contribution in [0.25, 0.3) is 10.9 Å². The smallest absolute Gasteiger partial charge is 0.173 e. The van der Waals surface area contributed by atoms with E-state index in [1.165, 1.54) is 7.11 Å². The fourth-order valence-electron chi connectivity index (χ4n) is 3.40. The van der Waals surface area contributed by atoms with E-state index in [1.807, 2.05) is 0 Å². The van der Waals surface area contributed by atoms with Gasteiger partial charge in [0.15, 0.2) is 11.4 Å². The summed E-state index contributed by atoms with van der Waals surface area (Å²) < 4.78 is 24.9. The van der Waals surface area contributed by atoms with E-state index in [4.69, 9.17) is 33.3 Å². The SMILES string of the molecule is COc1cc2nccc(Oc3ccc(NC(=S)N4CC(C)(F)C4)c(Cl)c3)c2cc1C=O. The molecule has 6 nitrogen and oxygen atoms in total. The third-order valence-corrected chi connectivity index (χ3v) is 5.59. The Kier molecular flexibility index (Phi) is 5.68. The second-order valence-corrected chi connectivity index (χ2v) is 8.28. The van der Waals surface area contributed by atoms with Gasteiger partial charge in [0.05, 0.1) is 42.0 Å². The zero-order valence-corrected chi connectivity index (χ0v) is 18.4. The van der Waals surface area contributed by atoms with Crippen LogP contribution in [0.1, 0.15) is 17.3 Å². The summed E-state index contributed by atoms with van der Waals surface area (Å²) in [5.41, 5.74) is 0.409. The Labute approximate surface area is 188 Å². The summed E-state index contributed by atoms with van der Waals surface area (Å²) in [5, 5.41) is 4.52. The number of fused-ring (bicyclic) bond motifs is 1. The Morgan fingerprint density at radius 3 is 2.71 bits per heavy atom. The maximum Gasteiger partial charge on any atom is 0.173 e. The van der Waals surface area contributed by atoms with Crippen LogP contribution in [0.4, 0.5) is 10.1 Å². The van der Waals surface area contributed by atoms with E-state index in [-0.39, 0.29) is 13.1 Å². The van der Waals surface area contributed by atoms with Crippen molar-refractivity contribution < 1.29 is 18.7 Å². The molecule has 0 radical (unpaired) electrons. The Morgan fingerprint density at radius 2 is 2.06 bits per heavy atom. The van der Waals surface area contributed by atoms with Crippen LogP contribution in [0, 0.1) is 0 Å². The highest BCUT2D eigenvalue weighted by Crippen LogP contribution is 2.35. The molecule has 0 aliphatic carbocycles. The molecule has 1 aliphatic rings. The summed E-state index contributed by atoms with van der Waals surface area (Å²) in [5.74, 6) is 1.46. The maximum atomic E-state index is 13.7. The summed E-state index contributed by atoms with van der Waals surface area (Å²) in [6.45, 7) is 2.04. The summed E-state index contributed by atoms with van der Waals surface area (Å²) >= 11 is 11.7. The third-order valence-electron chi connectivity index (χ3n) is 4.92. The number of anilines is 1. The van der Waals surface area contributed by atoms with Crippen molar-refractivity contribution in [3.05, 3.63) is 53.2 Å². The molecule has 0 bridgehead atoms. The second kappa shape index (κ2) is 8.28. The Balaban J connectivity index is 1.55. The number of rotatable bonds is 5. The van der Waals surface area contributed by atoms with E-state index >= 15 is 0 Å². The van der Waals surface area contributed by atoms with Gasteiger partial charge in [0.25, 0.3) is 0 Å². The molecule has 1 fully saturated rings. The molecule has 2 aromatic carbocycles. The van der Waals surface area contributed by atoms with Crippen molar-refractivity contribution in [2.24, 2.45) is 0 Å². The van der Waals surface area contributed by atoms with Gasteiger partial charge in [-0.2, -0.15) is 0 Å². The molecule has 0 unspecified atom stereocenters. The molecular formula is C22H19ClFN3O3S. The van der Waals surface area contributed by atoms with E-state index in [0.717, 1.165) is 6.29 Å². The summed E-state index contributed by atoms with van der Waals surface area (Å²) in [6.07, 6.45) is 2.33. The lowest BCUT2D eigenvalue weighted by Gasteiger charge is -2.43. The Bertz CT molecular complexity index is 1180. The van der Waals surface area contributed by atoms with Gasteiger partial charge in [0.2, 0.25) is 0 Å². The number of methoxy groups -OCH3 is 1. The van der Waals surface area contributed by atoms with Gasteiger partial charge in [0, 0.05) is 23.7 Å². The van der Waals surface area contributed by atoms with Crippen molar-refractivity contribution >= 4 is 51.8 Å². The standard InChI is InChI=1S/C22H19ClFN3O3S/c1-22(24)11-27(12-22)21(31)26-17-4-3-14(8-16(17)23)30-19-5-6-25-18-9-20(29-2)13(10-28)7-15(18)19/h3-10H,11-12H2,1-2H3,(H,26,31). The van der Waals surface area contributed by atoms with Gasteiger partial charge in [-0.15, -0.1) is 0 Å². The zero-order valence-electron chi connectivity index (χ0n) is 16.8. The molecule has 31 heavy (non-hydrogen) atoms. The van der Waals surface area contributed by atoms with Crippen molar-refractivity contribution in [1.82, 2.24) is 9.88 Å². The lowest BCUT2D eigenvalue weighted by Crippen LogP contribution is -2.60. The second-order valence-electron chi connectivity index (χ2n) is 7.48. The molecule has 0 saturated carbocycles. The van der Waals surface area contributed by atoms with Crippen molar-refractivity contribution in [3.8, 4) is 17.2 Å². The molecule has 9 heteroatoms. The molecule has 4 rings (SSSR count). The average Bonchev–Trinajstić information content (AvgIpc) is 2.73. The van der Waals surface area contributed by atoms with Gasteiger partial charge >= 0.3 is 0 Å². The fraction of sp³-hybridized carbons (Fsp3) is 0.227. The molecule has 0 spiro atoms. The molecule has 1 N–H and O–H groups in total. The number of halogens is 2. The lowest BCUT2D eigenvalue weighted by atomic mass is 10.0. The molecule has 1 aliphatic heterocycles. The number of nitrogens with zero attached hydrogens (tertiary/aromatic N) is 2. The molecule has 3 aromatic rings. The van der Waals surface area contributed by atoms with Gasteiger partial charge in [-0.05, 0) is 43.4 Å². The number of ether oxygens (including phenoxy) is 2. The molecule has 160 valence electrons. The number of nitrogens with one attached hydrogen (secondary N) is 1. The molecule has 1 saturated heterocycles. The van der Waals surface area contributed by atoms with E-state index in [9.17, 15) is 9.18 Å². The fourth-order valence-corrected chi connectivity index (χ4v) is 3.85. The molecular weight excluding hydrogens is 441 g/mol. The molecule has 0 amide bonds. The molecule has 0 atom stereocenters. The number of pyridine rings is 1. The number of aromatic nitrogens is 1. The quantitative estimate of drug-likeness (QED) is 0.413. The summed E-state index contributed by atoms with van der Waals surface area (Å²) in [4.78, 5) is 17.4. The van der Waals surface area contributed by atoms with Gasteiger partial charge in [-0.1, -0.05) is 11.6 Å². The highest BCUT2D eigenvalue weighted by atomic mass is 35.5. The molecule has 2 heterocycles. The molecule has 1 aromatic heterocycles. The van der Waals surface area contributed by atoms with Crippen molar-refractivity contribution in [1.29, 1.82) is 0 Å². The number of likely N-dealkylation sites (tertiary alicyclic amines) is 1. The summed E-state index contributed by atoms with van der Waals surface area (Å²) in [7, 11) is 1.50. The number of aldehydes is 1. The minimum atomic E-state index is -1.21. The van der Waals surface area contributed by atoms with Gasteiger partial charge in [-0.3, -0.25) is 9.78 Å². The number of hydrogen-bond donors (Lipinski definition) is 1. The van der Waals surface area contributed by atoms with Crippen LogP contribution in [-0.4, -0.2) is 47.2 Å². The van der Waals surface area contributed by atoms with Crippen LogP contribution in [0.15, 0.2) is 42.6 Å². The highest BCUT2D eigenvalue weighted by molar-refractivity contribution is 7.80. The number of alkyl halides is 1. The lowest BCUT2D eigenvalue weighted by molar-refractivity contribution is 0.0322. The van der Waals surface area contributed by atoms with Crippen molar-refractivity contribution in [2.45, 2.75) is 12.6 Å². The number of hydrogen-bond acceptors (Lipinski definition) is 5. The topological polar surface area (TPSA) is 63.7 Å². The van der Waals surface area contributed by atoms with Crippen LogP contribution < -0.4 is 14.8 Å². The van der Waals surface area contributed by atoms with Crippen LogP contribution in [0.3, 0.4) is 0 Å². The van der Waals surface area contributed by atoms with Crippen LogP contribution in [0.5, 0.6) is 17.2 Å². The van der Waals surface area contributed by atoms with Gasteiger partial charge in [-0.25, -0.2) is 4.39 Å². The average molecular weight is 460 g/mol. The number of benzene rings is 2. The highest BCUT2D eigenvalue weighted by Gasteiger charge is 2.40. The van der Waals surface area contributed by atoms with Crippen LogP contribution in [-0.2, 0) is 0 Å². The monoisotopic (exact) mass is 459 g/mol. The third kappa shape index (κ3) is 4.40. The van der Waals surface area contributed by atoms with Crippen molar-refractivity contribution in [3.63, 3.8) is 0 Å². The Hall–Kier alpha value is -2.97. The Morgan fingerprint density at radius 1 is 1.29 bits per heavy atom. The van der Waals surface area contributed by atoms with Gasteiger partial charge < -0.3 is 19.7 Å². The first-order valence-electron chi connectivity index (χ1n) is 9.44. The van der Waals surface area contributed by atoms with Crippen LogP contribution in [0.2, 0.25) is 5.02 Å². The minimum absolute atomic E-state index is 0.250. The van der Waals surface area contributed by atoms with E-state index in [2.05, 4.69) is 10.3 Å². The van der Waals surface area contributed by atoms with Crippen LogP contribution >= 0.6 is 23.8 Å². The summed E-state index contributed by atoms with van der Waals surface area (Å²) in [6, 6.07) is 10.2. The predicted octanol–water partition coefficient (Wildman–Crippen LogP) is 5.24. The largest absolute Gasteiger partial charge is 0.496 e. The van der Waals surface area contributed by atoms with E-state index < -0.39 is 5.67 Å². The normalized spacial score (nSPS) is 14.6.